The van der Waals surface area contributed by atoms with Gasteiger partial charge in [0, 0.05) is 30.6 Å². The zero-order valence-electron chi connectivity index (χ0n) is 11.7. The summed E-state index contributed by atoms with van der Waals surface area (Å²) >= 11 is 0. The van der Waals surface area contributed by atoms with Crippen LogP contribution >= 0.6 is 0 Å². The van der Waals surface area contributed by atoms with E-state index in [4.69, 9.17) is 0 Å². The molecule has 3 rings (SSSR count). The third-order valence-electron chi connectivity index (χ3n) is 3.64. The lowest BCUT2D eigenvalue weighted by atomic mass is 10.1. The van der Waals surface area contributed by atoms with E-state index in [1.165, 1.54) is 12.2 Å². The summed E-state index contributed by atoms with van der Waals surface area (Å²) in [7, 11) is 0. The van der Waals surface area contributed by atoms with Crippen molar-refractivity contribution < 1.29 is 4.79 Å². The molecule has 1 N–H and O–H groups in total. The van der Waals surface area contributed by atoms with Crippen LogP contribution in [0.25, 0.3) is 11.3 Å². The van der Waals surface area contributed by atoms with E-state index < -0.39 is 0 Å². The average Bonchev–Trinajstić information content (AvgIpc) is 3.01. The number of anilines is 1. The van der Waals surface area contributed by atoms with E-state index in [1.54, 1.807) is 0 Å². The molecule has 0 unspecified atom stereocenters. The number of carbonyl (C=O) groups is 1. The minimum absolute atomic E-state index is 0.0724. The highest BCUT2D eigenvalue weighted by molar-refractivity contribution is 5.91. The van der Waals surface area contributed by atoms with Crippen LogP contribution in [0.2, 0.25) is 0 Å². The van der Waals surface area contributed by atoms with Crippen LogP contribution < -0.4 is 5.32 Å². The van der Waals surface area contributed by atoms with Gasteiger partial charge in [-0.25, -0.2) is 4.98 Å². The summed E-state index contributed by atoms with van der Waals surface area (Å²) < 4.78 is 2.27. The molecule has 104 valence electrons. The Morgan fingerprint density at radius 3 is 3.20 bits per heavy atom. The molecule has 1 aromatic carbocycles. The van der Waals surface area contributed by atoms with E-state index in [0.717, 1.165) is 36.3 Å². The lowest BCUT2D eigenvalue weighted by Crippen LogP contribution is -2.10. The number of carbonyl (C=O) groups excluding carboxylic acids is 1. The maximum atomic E-state index is 11.7. The van der Waals surface area contributed by atoms with Crippen molar-refractivity contribution in [3.63, 3.8) is 0 Å². The van der Waals surface area contributed by atoms with Crippen LogP contribution in [0.5, 0.6) is 0 Å². The van der Waals surface area contributed by atoms with Crippen LogP contribution in [0.3, 0.4) is 0 Å². The van der Waals surface area contributed by atoms with Crippen LogP contribution in [-0.2, 0) is 17.8 Å². The molecule has 0 atom stereocenters. The fraction of sp³-hybridized carbons (Fsp3) is 0.375. The average molecular weight is 269 g/mol. The molecule has 1 aliphatic rings. The second kappa shape index (κ2) is 5.49. The Bertz CT molecular complexity index is 630. The van der Waals surface area contributed by atoms with Crippen molar-refractivity contribution in [1.82, 2.24) is 9.55 Å². The number of hydrogen-bond donors (Lipinski definition) is 1. The van der Waals surface area contributed by atoms with E-state index in [2.05, 4.69) is 20.9 Å². The van der Waals surface area contributed by atoms with Gasteiger partial charge in [-0.05, 0) is 25.0 Å². The molecule has 20 heavy (non-hydrogen) atoms. The molecular weight excluding hydrogens is 250 g/mol. The molecule has 0 fully saturated rings. The first-order valence-electron chi connectivity index (χ1n) is 7.22. The van der Waals surface area contributed by atoms with E-state index in [0.29, 0.717) is 6.42 Å². The summed E-state index contributed by atoms with van der Waals surface area (Å²) in [5.74, 6) is 1.24. The van der Waals surface area contributed by atoms with Crippen LogP contribution in [0, 0.1) is 0 Å². The molecule has 4 nitrogen and oxygen atoms in total. The number of benzene rings is 1. The van der Waals surface area contributed by atoms with Gasteiger partial charge >= 0.3 is 0 Å². The number of aromatic nitrogens is 2. The molecule has 4 heteroatoms. The quantitative estimate of drug-likeness (QED) is 0.926. The predicted molar refractivity (Wildman–Crippen MR) is 79.5 cm³/mol. The standard InChI is InChI=1S/C16H19N3O/c1-2-5-16(20)18-13-7-3-6-12(10-13)14-11-17-15-8-4-9-19(14)15/h3,6-7,10-11H,2,4-5,8-9H2,1H3,(H,18,20). The van der Waals surface area contributed by atoms with Crippen molar-refractivity contribution in [1.29, 1.82) is 0 Å². The highest BCUT2D eigenvalue weighted by atomic mass is 16.1. The summed E-state index contributed by atoms with van der Waals surface area (Å²) in [5, 5.41) is 2.94. The summed E-state index contributed by atoms with van der Waals surface area (Å²) in [5.41, 5.74) is 3.11. The Labute approximate surface area is 118 Å². The third-order valence-corrected chi connectivity index (χ3v) is 3.64. The van der Waals surface area contributed by atoms with Crippen LogP contribution in [-0.4, -0.2) is 15.5 Å². The Morgan fingerprint density at radius 2 is 2.35 bits per heavy atom. The molecule has 1 amide bonds. The first-order chi connectivity index (χ1) is 9.78. The maximum absolute atomic E-state index is 11.7. The summed E-state index contributed by atoms with van der Waals surface area (Å²) in [6.45, 7) is 3.04. The second-order valence-electron chi connectivity index (χ2n) is 5.19. The zero-order chi connectivity index (χ0) is 13.9. The first kappa shape index (κ1) is 12.9. The van der Waals surface area contributed by atoms with Gasteiger partial charge < -0.3 is 9.88 Å². The van der Waals surface area contributed by atoms with Crippen molar-refractivity contribution in [3.8, 4) is 11.3 Å². The van der Waals surface area contributed by atoms with Crippen LogP contribution in [0.4, 0.5) is 5.69 Å². The van der Waals surface area contributed by atoms with Gasteiger partial charge in [0.1, 0.15) is 5.82 Å². The number of aryl methyl sites for hydroxylation is 1. The van der Waals surface area contributed by atoms with E-state index in [9.17, 15) is 4.79 Å². The van der Waals surface area contributed by atoms with Crippen molar-refractivity contribution >= 4 is 11.6 Å². The Hall–Kier alpha value is -2.10. The molecule has 0 bridgehead atoms. The van der Waals surface area contributed by atoms with E-state index in [1.807, 2.05) is 31.3 Å². The Morgan fingerprint density at radius 1 is 1.45 bits per heavy atom. The summed E-state index contributed by atoms with van der Waals surface area (Å²) in [4.78, 5) is 16.1. The van der Waals surface area contributed by atoms with Gasteiger partial charge in [-0.3, -0.25) is 4.79 Å². The van der Waals surface area contributed by atoms with Gasteiger partial charge in [-0.15, -0.1) is 0 Å². The number of rotatable bonds is 4. The topological polar surface area (TPSA) is 46.9 Å². The smallest absolute Gasteiger partial charge is 0.224 e. The van der Waals surface area contributed by atoms with Crippen LogP contribution in [0.1, 0.15) is 32.0 Å². The molecule has 0 radical (unpaired) electrons. The van der Waals surface area contributed by atoms with Gasteiger partial charge in [-0.1, -0.05) is 19.1 Å². The highest BCUT2D eigenvalue weighted by Gasteiger charge is 2.16. The van der Waals surface area contributed by atoms with Crippen molar-refractivity contribution in [2.24, 2.45) is 0 Å². The SMILES string of the molecule is CCCC(=O)Nc1cccc(-c2cnc3n2CCC3)c1. The number of hydrogen-bond acceptors (Lipinski definition) is 2. The number of nitrogens with one attached hydrogen (secondary N) is 1. The van der Waals surface area contributed by atoms with Gasteiger partial charge in [0.25, 0.3) is 0 Å². The Kier molecular flexibility index (Phi) is 3.54. The predicted octanol–water partition coefficient (Wildman–Crippen LogP) is 3.23. The number of fused-ring (bicyclic) bond motifs is 1. The molecule has 0 spiro atoms. The molecule has 2 aromatic rings. The maximum Gasteiger partial charge on any atom is 0.224 e. The largest absolute Gasteiger partial charge is 0.328 e. The zero-order valence-corrected chi connectivity index (χ0v) is 11.7. The van der Waals surface area contributed by atoms with Crippen molar-refractivity contribution in [2.45, 2.75) is 39.2 Å². The number of imidazole rings is 1. The van der Waals surface area contributed by atoms with E-state index in [-0.39, 0.29) is 5.91 Å². The van der Waals surface area contributed by atoms with Gasteiger partial charge in [0.2, 0.25) is 5.91 Å². The van der Waals surface area contributed by atoms with Crippen LogP contribution in [0.15, 0.2) is 30.5 Å². The lowest BCUT2D eigenvalue weighted by molar-refractivity contribution is -0.116. The molecule has 1 aromatic heterocycles. The van der Waals surface area contributed by atoms with Crippen molar-refractivity contribution in [2.75, 3.05) is 5.32 Å². The fourth-order valence-corrected chi connectivity index (χ4v) is 2.70. The molecule has 0 saturated carbocycles. The fourth-order valence-electron chi connectivity index (χ4n) is 2.70. The molecule has 2 heterocycles. The second-order valence-corrected chi connectivity index (χ2v) is 5.19. The normalized spacial score (nSPS) is 13.2. The lowest BCUT2D eigenvalue weighted by Gasteiger charge is -2.08. The minimum atomic E-state index is 0.0724. The number of amides is 1. The van der Waals surface area contributed by atoms with Gasteiger partial charge in [-0.2, -0.15) is 0 Å². The highest BCUT2D eigenvalue weighted by Crippen LogP contribution is 2.27. The van der Waals surface area contributed by atoms with E-state index >= 15 is 0 Å². The van der Waals surface area contributed by atoms with Gasteiger partial charge in [0.15, 0.2) is 0 Å². The van der Waals surface area contributed by atoms with Crippen molar-refractivity contribution in [3.05, 3.63) is 36.3 Å². The minimum Gasteiger partial charge on any atom is -0.328 e. The third kappa shape index (κ3) is 2.46. The summed E-state index contributed by atoms with van der Waals surface area (Å²) in [6, 6.07) is 8.00. The molecular formula is C16H19N3O. The molecule has 0 saturated heterocycles. The molecule has 1 aliphatic heterocycles. The molecule has 0 aliphatic carbocycles. The summed E-state index contributed by atoms with van der Waals surface area (Å²) in [6.07, 6.45) is 5.59. The Balaban J connectivity index is 1.85. The monoisotopic (exact) mass is 269 g/mol. The van der Waals surface area contributed by atoms with Gasteiger partial charge in [0.05, 0.1) is 11.9 Å². The first-order valence-corrected chi connectivity index (χ1v) is 7.22. The number of nitrogens with zero attached hydrogens (tertiary/aromatic N) is 2.